The fourth-order valence-electron chi connectivity index (χ4n) is 2.56. The Labute approximate surface area is 144 Å². The Kier molecular flexibility index (Phi) is 4.80. The van der Waals surface area contributed by atoms with Crippen LogP contribution in [-0.4, -0.2) is 34.1 Å². The van der Waals surface area contributed by atoms with Gasteiger partial charge in [0.15, 0.2) is 0 Å². The maximum absolute atomic E-state index is 12.5. The molecule has 0 bridgehead atoms. The molecule has 24 heavy (non-hydrogen) atoms. The zero-order chi connectivity index (χ0) is 17.1. The fourth-order valence-corrected chi connectivity index (χ4v) is 3.77. The minimum Gasteiger partial charge on any atom is -0.349 e. The molecule has 6 nitrogen and oxygen atoms in total. The van der Waals surface area contributed by atoms with Gasteiger partial charge in [-0.25, -0.2) is 4.98 Å². The van der Waals surface area contributed by atoms with E-state index < -0.39 is 5.25 Å². The summed E-state index contributed by atoms with van der Waals surface area (Å²) in [6.07, 6.45) is 5.22. The first-order valence-electron chi connectivity index (χ1n) is 7.65. The highest BCUT2D eigenvalue weighted by Crippen LogP contribution is 2.37. The number of carbonyl (C=O) groups excluding carboxylic acids is 2. The molecule has 1 N–H and O–H groups in total. The van der Waals surface area contributed by atoms with Gasteiger partial charge in [-0.15, -0.1) is 0 Å². The van der Waals surface area contributed by atoms with Gasteiger partial charge in [-0.1, -0.05) is 17.8 Å². The molecule has 0 saturated heterocycles. The summed E-state index contributed by atoms with van der Waals surface area (Å²) in [5.41, 5.74) is 1.71. The first-order valence-corrected chi connectivity index (χ1v) is 8.52. The van der Waals surface area contributed by atoms with E-state index in [-0.39, 0.29) is 24.3 Å². The largest absolute Gasteiger partial charge is 0.349 e. The standard InChI is InChI=1S/C17H18N4O2S/c1-11(12-5-3-7-18-10-12)20-15(22)9-14-17(23)21(2)13-6-4-8-19-16(13)24-14/h3-8,10-11,14H,9H2,1-2H3,(H,20,22)/t11-,14-/m1/s1. The zero-order valence-corrected chi connectivity index (χ0v) is 14.3. The van der Waals surface area contributed by atoms with Crippen LogP contribution in [0.15, 0.2) is 47.9 Å². The van der Waals surface area contributed by atoms with Gasteiger partial charge in [-0.3, -0.25) is 14.6 Å². The van der Waals surface area contributed by atoms with Crippen LogP contribution in [0.3, 0.4) is 0 Å². The maximum atomic E-state index is 12.5. The first kappa shape index (κ1) is 16.4. The number of pyridine rings is 2. The summed E-state index contributed by atoms with van der Waals surface area (Å²) in [6.45, 7) is 1.90. The van der Waals surface area contributed by atoms with Crippen molar-refractivity contribution >= 4 is 29.3 Å². The van der Waals surface area contributed by atoms with E-state index >= 15 is 0 Å². The normalized spacial score (nSPS) is 18.0. The van der Waals surface area contributed by atoms with Gasteiger partial charge in [-0.05, 0) is 30.7 Å². The van der Waals surface area contributed by atoms with Crippen LogP contribution in [0, 0.1) is 0 Å². The Morgan fingerprint density at radius 1 is 1.38 bits per heavy atom. The summed E-state index contributed by atoms with van der Waals surface area (Å²) >= 11 is 1.34. The van der Waals surface area contributed by atoms with E-state index in [2.05, 4.69) is 15.3 Å². The average molecular weight is 342 g/mol. The first-order chi connectivity index (χ1) is 11.6. The second kappa shape index (κ2) is 7.00. The smallest absolute Gasteiger partial charge is 0.240 e. The molecule has 0 aliphatic carbocycles. The number of carbonyl (C=O) groups is 2. The number of amides is 2. The van der Waals surface area contributed by atoms with Crippen molar-refractivity contribution in [3.8, 4) is 0 Å². The summed E-state index contributed by atoms with van der Waals surface area (Å²) in [6, 6.07) is 7.24. The van der Waals surface area contributed by atoms with Crippen molar-refractivity contribution < 1.29 is 9.59 Å². The van der Waals surface area contributed by atoms with E-state index in [0.29, 0.717) is 0 Å². The monoisotopic (exact) mass is 342 g/mol. The SMILES string of the molecule is C[C@@H](NC(=O)C[C@H]1Sc2ncccc2N(C)C1=O)c1cccnc1. The minimum atomic E-state index is -0.460. The molecule has 1 aliphatic heterocycles. The van der Waals surface area contributed by atoms with Crippen molar-refractivity contribution in [1.82, 2.24) is 15.3 Å². The Morgan fingerprint density at radius 2 is 2.17 bits per heavy atom. The molecule has 1 aliphatic rings. The lowest BCUT2D eigenvalue weighted by molar-refractivity contribution is -0.125. The molecule has 0 saturated carbocycles. The van der Waals surface area contributed by atoms with Crippen LogP contribution >= 0.6 is 11.8 Å². The average Bonchev–Trinajstić information content (AvgIpc) is 2.60. The number of hydrogen-bond acceptors (Lipinski definition) is 5. The number of hydrogen-bond donors (Lipinski definition) is 1. The lowest BCUT2D eigenvalue weighted by Crippen LogP contribution is -2.41. The van der Waals surface area contributed by atoms with Gasteiger partial charge >= 0.3 is 0 Å². The summed E-state index contributed by atoms with van der Waals surface area (Å²) in [5.74, 6) is -0.241. The molecular weight excluding hydrogens is 324 g/mol. The number of nitrogens with zero attached hydrogens (tertiary/aromatic N) is 3. The highest BCUT2D eigenvalue weighted by atomic mass is 32.2. The zero-order valence-electron chi connectivity index (χ0n) is 13.5. The molecule has 2 atom stereocenters. The number of thioether (sulfide) groups is 1. The number of aromatic nitrogens is 2. The molecule has 2 aromatic heterocycles. The lowest BCUT2D eigenvalue weighted by atomic mass is 10.1. The minimum absolute atomic E-state index is 0.0790. The van der Waals surface area contributed by atoms with E-state index in [1.54, 1.807) is 36.6 Å². The Balaban J connectivity index is 1.66. The predicted octanol–water partition coefficient (Wildman–Crippen LogP) is 2.18. The third kappa shape index (κ3) is 3.41. The van der Waals surface area contributed by atoms with Crippen LogP contribution in [0.25, 0.3) is 0 Å². The van der Waals surface area contributed by atoms with Gasteiger partial charge in [0.05, 0.1) is 17.0 Å². The number of rotatable bonds is 4. The third-order valence-corrected chi connectivity index (χ3v) is 5.10. The molecule has 2 aromatic rings. The number of nitrogens with one attached hydrogen (secondary N) is 1. The van der Waals surface area contributed by atoms with E-state index in [0.717, 1.165) is 16.3 Å². The summed E-state index contributed by atoms with van der Waals surface area (Å²) in [4.78, 5) is 34.7. The van der Waals surface area contributed by atoms with E-state index in [1.165, 1.54) is 11.8 Å². The second-order valence-corrected chi connectivity index (χ2v) is 6.80. The van der Waals surface area contributed by atoms with Crippen molar-refractivity contribution in [3.05, 3.63) is 48.4 Å². The predicted molar refractivity (Wildman–Crippen MR) is 92.7 cm³/mol. The van der Waals surface area contributed by atoms with E-state index in [1.807, 2.05) is 25.1 Å². The van der Waals surface area contributed by atoms with Crippen LogP contribution in [0.1, 0.15) is 24.9 Å². The Morgan fingerprint density at radius 3 is 2.92 bits per heavy atom. The van der Waals surface area contributed by atoms with Gasteiger partial charge in [0, 0.05) is 32.1 Å². The van der Waals surface area contributed by atoms with Crippen molar-refractivity contribution in [2.24, 2.45) is 0 Å². The highest BCUT2D eigenvalue weighted by molar-refractivity contribution is 8.00. The van der Waals surface area contributed by atoms with E-state index in [4.69, 9.17) is 0 Å². The van der Waals surface area contributed by atoms with Crippen LogP contribution < -0.4 is 10.2 Å². The summed E-state index contributed by atoms with van der Waals surface area (Å²) in [7, 11) is 1.71. The van der Waals surface area contributed by atoms with Crippen LogP contribution in [0.2, 0.25) is 0 Å². The van der Waals surface area contributed by atoms with Crippen LogP contribution in [0.4, 0.5) is 5.69 Å². The van der Waals surface area contributed by atoms with Gasteiger partial charge in [0.1, 0.15) is 5.03 Å². The quantitative estimate of drug-likeness (QED) is 0.922. The van der Waals surface area contributed by atoms with Crippen LogP contribution in [-0.2, 0) is 9.59 Å². The maximum Gasteiger partial charge on any atom is 0.240 e. The lowest BCUT2D eigenvalue weighted by Gasteiger charge is -2.29. The molecule has 3 rings (SSSR count). The fraction of sp³-hybridized carbons (Fsp3) is 0.294. The molecular formula is C17H18N4O2S. The van der Waals surface area contributed by atoms with Gasteiger partial charge in [0.25, 0.3) is 0 Å². The van der Waals surface area contributed by atoms with Crippen LogP contribution in [0.5, 0.6) is 0 Å². The van der Waals surface area contributed by atoms with Crippen molar-refractivity contribution in [2.45, 2.75) is 29.7 Å². The molecule has 0 fully saturated rings. The highest BCUT2D eigenvalue weighted by Gasteiger charge is 2.33. The molecule has 124 valence electrons. The molecule has 0 aromatic carbocycles. The second-order valence-electron chi connectivity index (χ2n) is 5.61. The topological polar surface area (TPSA) is 75.2 Å². The van der Waals surface area contributed by atoms with E-state index in [9.17, 15) is 9.59 Å². The van der Waals surface area contributed by atoms with Crippen molar-refractivity contribution in [1.29, 1.82) is 0 Å². The molecule has 2 amide bonds. The van der Waals surface area contributed by atoms with Gasteiger partial charge in [-0.2, -0.15) is 0 Å². The van der Waals surface area contributed by atoms with Crippen molar-refractivity contribution in [2.75, 3.05) is 11.9 Å². The molecule has 0 unspecified atom stereocenters. The Bertz CT molecular complexity index is 753. The Hall–Kier alpha value is -2.41. The molecule has 3 heterocycles. The van der Waals surface area contributed by atoms with Gasteiger partial charge in [0.2, 0.25) is 11.8 Å². The van der Waals surface area contributed by atoms with Gasteiger partial charge < -0.3 is 10.2 Å². The molecule has 7 heteroatoms. The van der Waals surface area contributed by atoms with Crippen molar-refractivity contribution in [3.63, 3.8) is 0 Å². The number of fused-ring (bicyclic) bond motifs is 1. The summed E-state index contributed by atoms with van der Waals surface area (Å²) in [5, 5.41) is 3.24. The molecule has 0 radical (unpaired) electrons. The number of anilines is 1. The molecule has 0 spiro atoms. The summed E-state index contributed by atoms with van der Waals surface area (Å²) < 4.78 is 0. The third-order valence-electron chi connectivity index (χ3n) is 3.91.